The quantitative estimate of drug-likeness (QED) is 0.777. The Bertz CT molecular complexity index is 473. The maximum absolute atomic E-state index is 11.6. The van der Waals surface area contributed by atoms with E-state index in [0.717, 1.165) is 39.1 Å². The Balaban J connectivity index is 1.64. The fraction of sp³-hybridized carbons (Fsp3) is 0.471. The van der Waals surface area contributed by atoms with Gasteiger partial charge in [0.05, 0.1) is 13.1 Å². The molecule has 2 rings (SSSR count). The zero-order valence-electron chi connectivity index (χ0n) is 12.4. The van der Waals surface area contributed by atoms with E-state index in [1.807, 2.05) is 6.07 Å². The molecule has 0 atom stereocenters. The summed E-state index contributed by atoms with van der Waals surface area (Å²) in [5.41, 5.74) is 1.38. The molecular weight excluding hydrogens is 262 g/mol. The molecule has 1 aliphatic heterocycles. The van der Waals surface area contributed by atoms with Gasteiger partial charge in [-0.15, -0.1) is 6.42 Å². The molecule has 0 spiro atoms. The summed E-state index contributed by atoms with van der Waals surface area (Å²) >= 11 is 0. The number of rotatable bonds is 6. The molecule has 1 saturated heterocycles. The summed E-state index contributed by atoms with van der Waals surface area (Å²) in [5.74, 6) is 2.44. The van der Waals surface area contributed by atoms with Crippen molar-refractivity contribution in [3.05, 3.63) is 35.9 Å². The first-order valence-corrected chi connectivity index (χ1v) is 7.47. The topological polar surface area (TPSA) is 35.6 Å². The van der Waals surface area contributed by atoms with Crippen molar-refractivity contribution in [1.29, 1.82) is 0 Å². The lowest BCUT2D eigenvalue weighted by atomic mass is 10.1. The second-order valence-electron chi connectivity index (χ2n) is 5.33. The molecule has 1 heterocycles. The molecule has 1 N–H and O–H groups in total. The predicted octanol–water partition coefficient (Wildman–Crippen LogP) is 0.596. The van der Waals surface area contributed by atoms with Gasteiger partial charge in [0.2, 0.25) is 5.91 Å². The summed E-state index contributed by atoms with van der Waals surface area (Å²) in [4.78, 5) is 16.2. The number of nitrogens with one attached hydrogen (secondary N) is 1. The van der Waals surface area contributed by atoms with Gasteiger partial charge in [0.15, 0.2) is 0 Å². The molecule has 0 saturated carbocycles. The first kappa shape index (κ1) is 15.6. The highest BCUT2D eigenvalue weighted by Gasteiger charge is 2.18. The van der Waals surface area contributed by atoms with Crippen molar-refractivity contribution in [2.45, 2.75) is 6.42 Å². The van der Waals surface area contributed by atoms with Gasteiger partial charge in [-0.25, -0.2) is 0 Å². The van der Waals surface area contributed by atoms with E-state index < -0.39 is 0 Å². The Labute approximate surface area is 127 Å². The minimum Gasteiger partial charge on any atom is -0.344 e. The molecule has 1 amide bonds. The van der Waals surface area contributed by atoms with E-state index >= 15 is 0 Å². The number of piperazine rings is 1. The molecule has 4 nitrogen and oxygen atoms in total. The summed E-state index contributed by atoms with van der Waals surface area (Å²) in [6.07, 6.45) is 6.21. The second kappa shape index (κ2) is 8.46. The van der Waals surface area contributed by atoms with E-state index in [0.29, 0.717) is 13.1 Å². The van der Waals surface area contributed by atoms with Crippen LogP contribution in [0.1, 0.15) is 5.56 Å². The monoisotopic (exact) mass is 285 g/mol. The molecule has 4 heteroatoms. The highest BCUT2D eigenvalue weighted by atomic mass is 16.2. The molecule has 1 aromatic rings. The molecule has 1 aromatic carbocycles. The van der Waals surface area contributed by atoms with Gasteiger partial charge < -0.3 is 10.2 Å². The standard InChI is InChI=1S/C17H23N3O/c1-2-9-18-17(21)15-20-13-11-19(12-14-20)10-8-16-6-4-3-5-7-16/h1,3-7H,8-15H2,(H,18,21). The van der Waals surface area contributed by atoms with E-state index in [1.54, 1.807) is 0 Å². The van der Waals surface area contributed by atoms with Crippen molar-refractivity contribution >= 4 is 5.91 Å². The summed E-state index contributed by atoms with van der Waals surface area (Å²) in [5, 5.41) is 2.71. The largest absolute Gasteiger partial charge is 0.344 e. The normalized spacial score (nSPS) is 16.3. The van der Waals surface area contributed by atoms with Crippen LogP contribution in [-0.2, 0) is 11.2 Å². The zero-order chi connectivity index (χ0) is 14.9. The first-order valence-electron chi connectivity index (χ1n) is 7.47. The Morgan fingerprint density at radius 1 is 1.14 bits per heavy atom. The van der Waals surface area contributed by atoms with Crippen LogP contribution >= 0.6 is 0 Å². The fourth-order valence-electron chi connectivity index (χ4n) is 2.51. The van der Waals surface area contributed by atoms with Crippen molar-refractivity contribution in [3.63, 3.8) is 0 Å². The maximum Gasteiger partial charge on any atom is 0.234 e. The highest BCUT2D eigenvalue weighted by molar-refractivity contribution is 5.78. The predicted molar refractivity (Wildman–Crippen MR) is 84.9 cm³/mol. The van der Waals surface area contributed by atoms with Gasteiger partial charge in [-0.1, -0.05) is 36.3 Å². The third kappa shape index (κ3) is 5.58. The van der Waals surface area contributed by atoms with Crippen LogP contribution in [0.25, 0.3) is 0 Å². The number of benzene rings is 1. The smallest absolute Gasteiger partial charge is 0.234 e. The third-order valence-electron chi connectivity index (χ3n) is 3.78. The van der Waals surface area contributed by atoms with Crippen molar-refractivity contribution in [2.24, 2.45) is 0 Å². The van der Waals surface area contributed by atoms with Gasteiger partial charge in [-0.2, -0.15) is 0 Å². The lowest BCUT2D eigenvalue weighted by Gasteiger charge is -2.34. The van der Waals surface area contributed by atoms with Crippen LogP contribution < -0.4 is 5.32 Å². The molecular formula is C17H23N3O. The molecule has 0 bridgehead atoms. The summed E-state index contributed by atoms with van der Waals surface area (Å²) < 4.78 is 0. The maximum atomic E-state index is 11.6. The zero-order valence-corrected chi connectivity index (χ0v) is 12.4. The third-order valence-corrected chi connectivity index (χ3v) is 3.78. The molecule has 21 heavy (non-hydrogen) atoms. The number of amides is 1. The number of hydrogen-bond acceptors (Lipinski definition) is 3. The Morgan fingerprint density at radius 2 is 1.81 bits per heavy atom. The van der Waals surface area contributed by atoms with Crippen LogP contribution in [-0.4, -0.2) is 61.5 Å². The molecule has 0 radical (unpaired) electrons. The number of nitrogens with zero attached hydrogens (tertiary/aromatic N) is 2. The molecule has 0 unspecified atom stereocenters. The number of carbonyl (C=O) groups excluding carboxylic acids is 1. The lowest BCUT2D eigenvalue weighted by Crippen LogP contribution is -2.49. The molecule has 1 fully saturated rings. The van der Waals surface area contributed by atoms with Gasteiger partial charge in [-0.05, 0) is 12.0 Å². The van der Waals surface area contributed by atoms with Gasteiger partial charge >= 0.3 is 0 Å². The fourth-order valence-corrected chi connectivity index (χ4v) is 2.51. The lowest BCUT2D eigenvalue weighted by molar-refractivity contribution is -0.122. The molecule has 112 valence electrons. The van der Waals surface area contributed by atoms with Crippen molar-refractivity contribution < 1.29 is 4.79 Å². The average molecular weight is 285 g/mol. The molecule has 1 aliphatic rings. The molecule has 0 aliphatic carbocycles. The van der Waals surface area contributed by atoms with Crippen LogP contribution in [0.3, 0.4) is 0 Å². The Hall–Kier alpha value is -1.83. The minimum atomic E-state index is 0.0192. The van der Waals surface area contributed by atoms with Gasteiger partial charge in [0.1, 0.15) is 0 Å². The summed E-state index contributed by atoms with van der Waals surface area (Å²) in [6, 6.07) is 10.6. The number of terminal acetylenes is 1. The first-order chi connectivity index (χ1) is 10.3. The Kier molecular flexibility index (Phi) is 6.26. The SMILES string of the molecule is C#CCNC(=O)CN1CCN(CCc2ccccc2)CC1. The van der Waals surface area contributed by atoms with Crippen LogP contribution in [0.4, 0.5) is 0 Å². The van der Waals surface area contributed by atoms with E-state index in [9.17, 15) is 4.79 Å². The van der Waals surface area contributed by atoms with E-state index in [1.165, 1.54) is 5.56 Å². The average Bonchev–Trinajstić information content (AvgIpc) is 2.53. The van der Waals surface area contributed by atoms with Gasteiger partial charge in [-0.3, -0.25) is 9.69 Å². The summed E-state index contributed by atoms with van der Waals surface area (Å²) in [7, 11) is 0. The van der Waals surface area contributed by atoms with Crippen molar-refractivity contribution in [3.8, 4) is 12.3 Å². The van der Waals surface area contributed by atoms with Crippen LogP contribution in [0.15, 0.2) is 30.3 Å². The molecule has 0 aromatic heterocycles. The van der Waals surface area contributed by atoms with Gasteiger partial charge in [0.25, 0.3) is 0 Å². The van der Waals surface area contributed by atoms with Crippen molar-refractivity contribution in [1.82, 2.24) is 15.1 Å². The van der Waals surface area contributed by atoms with Crippen LogP contribution in [0.5, 0.6) is 0 Å². The van der Waals surface area contributed by atoms with Crippen molar-refractivity contribution in [2.75, 3.05) is 45.8 Å². The van der Waals surface area contributed by atoms with Crippen LogP contribution in [0, 0.1) is 12.3 Å². The minimum absolute atomic E-state index is 0.0192. The summed E-state index contributed by atoms with van der Waals surface area (Å²) in [6.45, 7) is 5.78. The van der Waals surface area contributed by atoms with E-state index in [-0.39, 0.29) is 5.91 Å². The number of carbonyl (C=O) groups is 1. The van der Waals surface area contributed by atoms with Gasteiger partial charge in [0, 0.05) is 32.7 Å². The van der Waals surface area contributed by atoms with Crippen LogP contribution in [0.2, 0.25) is 0 Å². The highest BCUT2D eigenvalue weighted by Crippen LogP contribution is 2.05. The van der Waals surface area contributed by atoms with E-state index in [2.05, 4.69) is 45.3 Å². The second-order valence-corrected chi connectivity index (χ2v) is 5.33. The Morgan fingerprint density at radius 3 is 2.48 bits per heavy atom. The number of hydrogen-bond donors (Lipinski definition) is 1. The van der Waals surface area contributed by atoms with E-state index in [4.69, 9.17) is 6.42 Å².